The number of aryl methyl sites for hydroxylation is 2. The maximum absolute atomic E-state index is 14.0. The number of methoxy groups -OCH3 is 1. The number of pyridine rings is 2. The van der Waals surface area contributed by atoms with Crippen LogP contribution in [0.4, 0.5) is 4.39 Å². The summed E-state index contributed by atoms with van der Waals surface area (Å²) < 4.78 is 22.4. The third-order valence-corrected chi connectivity index (χ3v) is 4.74. The average molecular weight is 378 g/mol. The first-order chi connectivity index (χ1) is 13.5. The predicted molar refractivity (Wildman–Crippen MR) is 105 cm³/mol. The normalized spacial score (nSPS) is 11.1. The van der Waals surface area contributed by atoms with Crippen LogP contribution in [0.3, 0.4) is 0 Å². The molecule has 0 aliphatic heterocycles. The van der Waals surface area contributed by atoms with Crippen molar-refractivity contribution in [2.24, 2.45) is 7.05 Å². The predicted octanol–water partition coefficient (Wildman–Crippen LogP) is 3.30. The van der Waals surface area contributed by atoms with Crippen molar-refractivity contribution in [3.05, 3.63) is 76.4 Å². The van der Waals surface area contributed by atoms with Gasteiger partial charge in [-0.2, -0.15) is 0 Å². The topological polar surface area (TPSA) is 61.9 Å². The van der Waals surface area contributed by atoms with Gasteiger partial charge in [-0.1, -0.05) is 6.07 Å². The minimum Gasteiger partial charge on any atom is -0.494 e. The molecule has 0 spiro atoms. The van der Waals surface area contributed by atoms with Crippen LogP contribution < -0.4 is 10.3 Å². The Bertz CT molecular complexity index is 1220. The third kappa shape index (κ3) is 3.15. The van der Waals surface area contributed by atoms with Gasteiger partial charge in [0.05, 0.1) is 19.0 Å². The Balaban J connectivity index is 1.74. The molecule has 0 saturated carbocycles. The van der Waals surface area contributed by atoms with Crippen molar-refractivity contribution in [3.63, 3.8) is 0 Å². The lowest BCUT2D eigenvalue weighted by atomic mass is 10.1. The van der Waals surface area contributed by atoms with Gasteiger partial charge in [0.2, 0.25) is 0 Å². The van der Waals surface area contributed by atoms with E-state index in [2.05, 4.69) is 9.97 Å². The Morgan fingerprint density at radius 2 is 1.96 bits per heavy atom. The summed E-state index contributed by atoms with van der Waals surface area (Å²) in [5, 5.41) is 0. The van der Waals surface area contributed by atoms with Crippen LogP contribution in [0.5, 0.6) is 5.75 Å². The van der Waals surface area contributed by atoms with Crippen LogP contribution in [-0.2, 0) is 13.6 Å². The molecule has 0 atom stereocenters. The molecule has 0 unspecified atom stereocenters. The second kappa shape index (κ2) is 6.92. The molecule has 0 aliphatic carbocycles. The number of ether oxygens (including phenoxy) is 1. The molecule has 0 radical (unpaired) electrons. The number of hydrogen-bond acceptors (Lipinski definition) is 4. The zero-order chi connectivity index (χ0) is 19.8. The maximum Gasteiger partial charge on any atom is 0.253 e. The van der Waals surface area contributed by atoms with Crippen LogP contribution in [0, 0.1) is 12.7 Å². The number of aromatic nitrogens is 4. The van der Waals surface area contributed by atoms with Gasteiger partial charge < -0.3 is 13.9 Å². The number of halogens is 1. The lowest BCUT2D eigenvalue weighted by Crippen LogP contribution is -2.18. The molecule has 28 heavy (non-hydrogen) atoms. The summed E-state index contributed by atoms with van der Waals surface area (Å²) >= 11 is 0. The molecular weight excluding hydrogens is 359 g/mol. The van der Waals surface area contributed by atoms with Gasteiger partial charge in [0.1, 0.15) is 0 Å². The summed E-state index contributed by atoms with van der Waals surface area (Å²) in [6, 6.07) is 8.72. The zero-order valence-corrected chi connectivity index (χ0v) is 15.8. The van der Waals surface area contributed by atoms with Crippen molar-refractivity contribution < 1.29 is 9.13 Å². The summed E-state index contributed by atoms with van der Waals surface area (Å²) in [4.78, 5) is 20.7. The van der Waals surface area contributed by atoms with E-state index in [0.717, 1.165) is 22.2 Å². The van der Waals surface area contributed by atoms with E-state index in [1.807, 2.05) is 22.8 Å². The van der Waals surface area contributed by atoms with Gasteiger partial charge in [0.25, 0.3) is 5.56 Å². The maximum atomic E-state index is 14.0. The fourth-order valence-corrected chi connectivity index (χ4v) is 3.27. The Labute approximate surface area is 160 Å². The Morgan fingerprint density at radius 3 is 2.68 bits per heavy atom. The molecule has 7 heteroatoms. The van der Waals surface area contributed by atoms with Gasteiger partial charge in [-0.3, -0.25) is 4.79 Å². The zero-order valence-electron chi connectivity index (χ0n) is 15.8. The molecule has 4 rings (SSSR count). The van der Waals surface area contributed by atoms with Crippen LogP contribution in [0.1, 0.15) is 11.1 Å². The van der Waals surface area contributed by atoms with Crippen LogP contribution in [-0.4, -0.2) is 26.2 Å². The lowest BCUT2D eigenvalue weighted by molar-refractivity contribution is 0.386. The summed E-state index contributed by atoms with van der Waals surface area (Å²) in [6.45, 7) is 2.25. The van der Waals surface area contributed by atoms with E-state index in [1.165, 1.54) is 13.2 Å². The highest BCUT2D eigenvalue weighted by Crippen LogP contribution is 2.24. The molecule has 6 nitrogen and oxygen atoms in total. The van der Waals surface area contributed by atoms with Crippen molar-refractivity contribution >= 4 is 11.2 Å². The molecule has 0 amide bonds. The minimum atomic E-state index is -0.399. The number of fused-ring (bicyclic) bond motifs is 1. The van der Waals surface area contributed by atoms with E-state index in [9.17, 15) is 9.18 Å². The van der Waals surface area contributed by atoms with Crippen LogP contribution in [0.25, 0.3) is 22.3 Å². The van der Waals surface area contributed by atoms with E-state index >= 15 is 0 Å². The first-order valence-electron chi connectivity index (χ1n) is 8.77. The Morgan fingerprint density at radius 1 is 1.14 bits per heavy atom. The summed E-state index contributed by atoms with van der Waals surface area (Å²) in [7, 11) is 3.17. The largest absolute Gasteiger partial charge is 0.494 e. The third-order valence-electron chi connectivity index (χ3n) is 4.74. The van der Waals surface area contributed by atoms with Crippen molar-refractivity contribution in [3.8, 4) is 16.9 Å². The van der Waals surface area contributed by atoms with Gasteiger partial charge >= 0.3 is 0 Å². The van der Waals surface area contributed by atoms with Crippen molar-refractivity contribution in [2.75, 3.05) is 7.11 Å². The smallest absolute Gasteiger partial charge is 0.253 e. The molecule has 0 fully saturated rings. The first kappa shape index (κ1) is 17.9. The molecule has 3 aromatic heterocycles. The van der Waals surface area contributed by atoms with Crippen molar-refractivity contribution in [1.29, 1.82) is 0 Å². The molecule has 142 valence electrons. The summed E-state index contributed by atoms with van der Waals surface area (Å²) in [6.07, 6.45) is 5.22. The van der Waals surface area contributed by atoms with Gasteiger partial charge in [-0.25, -0.2) is 14.4 Å². The highest BCUT2D eigenvalue weighted by atomic mass is 19.1. The monoisotopic (exact) mass is 378 g/mol. The molecule has 0 aliphatic rings. The molecule has 0 bridgehead atoms. The quantitative estimate of drug-likeness (QED) is 0.547. The number of hydrogen-bond donors (Lipinski definition) is 0. The van der Waals surface area contributed by atoms with E-state index in [4.69, 9.17) is 4.74 Å². The molecule has 1 aromatic carbocycles. The van der Waals surface area contributed by atoms with Gasteiger partial charge in [-0.05, 0) is 36.8 Å². The fourth-order valence-electron chi connectivity index (χ4n) is 3.27. The Hall–Kier alpha value is -3.48. The lowest BCUT2D eigenvalue weighted by Gasteiger charge is -2.09. The minimum absolute atomic E-state index is 0.0237. The summed E-state index contributed by atoms with van der Waals surface area (Å²) in [5.74, 6) is -0.183. The number of nitrogens with zero attached hydrogens (tertiary/aromatic N) is 4. The van der Waals surface area contributed by atoms with Gasteiger partial charge in [0.15, 0.2) is 17.2 Å². The van der Waals surface area contributed by atoms with E-state index < -0.39 is 5.82 Å². The van der Waals surface area contributed by atoms with E-state index in [0.29, 0.717) is 17.8 Å². The molecule has 0 saturated heterocycles. The first-order valence-corrected chi connectivity index (χ1v) is 8.77. The fraction of sp³-hybridized carbons (Fsp3) is 0.190. The van der Waals surface area contributed by atoms with Crippen LogP contribution >= 0.6 is 0 Å². The highest BCUT2D eigenvalue weighted by molar-refractivity contribution is 5.78. The van der Waals surface area contributed by atoms with E-state index in [1.54, 1.807) is 43.3 Å². The molecule has 4 aromatic rings. The molecule has 0 N–H and O–H groups in total. The van der Waals surface area contributed by atoms with Crippen molar-refractivity contribution in [1.82, 2.24) is 19.1 Å². The SMILES string of the molecule is COc1ccc(Cn2cnc3ncc(-c4cc(C)c(=O)n(C)c4)cc32)cc1F. The van der Waals surface area contributed by atoms with Gasteiger partial charge in [-0.15, -0.1) is 0 Å². The summed E-state index contributed by atoms with van der Waals surface area (Å²) in [5.41, 5.74) is 4.67. The number of benzene rings is 1. The van der Waals surface area contributed by atoms with Crippen LogP contribution in [0.15, 0.2) is 53.8 Å². The second-order valence-electron chi connectivity index (χ2n) is 6.74. The van der Waals surface area contributed by atoms with Gasteiger partial charge in [0, 0.05) is 42.7 Å². The van der Waals surface area contributed by atoms with Crippen LogP contribution in [0.2, 0.25) is 0 Å². The number of rotatable bonds is 4. The average Bonchev–Trinajstić information content (AvgIpc) is 3.08. The van der Waals surface area contributed by atoms with Crippen molar-refractivity contribution in [2.45, 2.75) is 13.5 Å². The Kier molecular flexibility index (Phi) is 4.43. The highest BCUT2D eigenvalue weighted by Gasteiger charge is 2.10. The standard InChI is InChI=1S/C21H19FN4O2/c1-13-6-16(11-25(2)21(13)27)15-8-18-20(23-9-15)24-12-26(18)10-14-4-5-19(28-3)17(22)7-14/h4-9,11-12H,10H2,1-3H3. The van der Waals surface area contributed by atoms with E-state index in [-0.39, 0.29) is 11.3 Å². The molecule has 3 heterocycles. The second-order valence-corrected chi connectivity index (χ2v) is 6.74. The molecular formula is C21H19FN4O2. The number of imidazole rings is 1.